The molecule has 0 unspecified atom stereocenters. The topological polar surface area (TPSA) is 86.5 Å². The van der Waals surface area contributed by atoms with Gasteiger partial charge in [0.05, 0.1) is 10.5 Å². The second-order valence-corrected chi connectivity index (χ2v) is 7.20. The van der Waals surface area contributed by atoms with Crippen LogP contribution in [0.1, 0.15) is 31.1 Å². The molecule has 0 aromatic heterocycles. The summed E-state index contributed by atoms with van der Waals surface area (Å²) < 4.78 is 28.1. The van der Waals surface area contributed by atoms with Crippen molar-refractivity contribution >= 4 is 31.9 Å². The zero-order valence-electron chi connectivity index (χ0n) is 10.2. The van der Waals surface area contributed by atoms with E-state index < -0.39 is 21.6 Å². The van der Waals surface area contributed by atoms with Crippen LogP contribution in [0.15, 0.2) is 27.6 Å². The van der Waals surface area contributed by atoms with Gasteiger partial charge < -0.3 is 4.74 Å². The summed E-state index contributed by atoms with van der Waals surface area (Å²) in [6.45, 7) is 5.18. The van der Waals surface area contributed by atoms with Crippen LogP contribution < -0.4 is 5.14 Å². The lowest BCUT2D eigenvalue weighted by atomic mass is 10.2. The van der Waals surface area contributed by atoms with Crippen molar-refractivity contribution in [1.29, 1.82) is 0 Å². The van der Waals surface area contributed by atoms with Crippen molar-refractivity contribution in [2.24, 2.45) is 5.14 Å². The summed E-state index contributed by atoms with van der Waals surface area (Å²) in [6.07, 6.45) is 0. The first kappa shape index (κ1) is 15.1. The molecule has 0 radical (unpaired) electrons. The van der Waals surface area contributed by atoms with Crippen LogP contribution in [-0.4, -0.2) is 20.0 Å². The molecular formula is C11H14BrNO4S. The second-order valence-electron chi connectivity index (χ2n) is 4.72. The molecule has 0 atom stereocenters. The van der Waals surface area contributed by atoms with Gasteiger partial charge in [-0.25, -0.2) is 18.4 Å². The Kier molecular flexibility index (Phi) is 4.19. The minimum absolute atomic E-state index is 0.128. The van der Waals surface area contributed by atoms with Crippen molar-refractivity contribution < 1.29 is 17.9 Å². The molecule has 5 nitrogen and oxygen atoms in total. The van der Waals surface area contributed by atoms with Crippen molar-refractivity contribution in [2.45, 2.75) is 31.3 Å². The third-order valence-electron chi connectivity index (χ3n) is 1.83. The van der Waals surface area contributed by atoms with E-state index in [1.807, 2.05) is 0 Å². The molecule has 0 spiro atoms. The highest BCUT2D eigenvalue weighted by atomic mass is 79.9. The number of rotatable bonds is 2. The number of benzene rings is 1. The minimum atomic E-state index is -3.86. The number of carbonyl (C=O) groups is 1. The highest BCUT2D eigenvalue weighted by Gasteiger charge is 2.20. The molecule has 1 rings (SSSR count). The predicted octanol–water partition coefficient (Wildman–Crippen LogP) is 2.05. The Labute approximate surface area is 114 Å². The first-order valence-electron chi connectivity index (χ1n) is 5.06. The van der Waals surface area contributed by atoms with Crippen LogP contribution in [0.5, 0.6) is 0 Å². The predicted molar refractivity (Wildman–Crippen MR) is 70.7 cm³/mol. The van der Waals surface area contributed by atoms with E-state index in [9.17, 15) is 13.2 Å². The number of sulfonamides is 1. The highest BCUT2D eigenvalue weighted by Crippen LogP contribution is 2.21. The lowest BCUT2D eigenvalue weighted by molar-refractivity contribution is 0.00692. The molecule has 0 bridgehead atoms. The maximum absolute atomic E-state index is 11.8. The molecular weight excluding hydrogens is 322 g/mol. The Morgan fingerprint density at radius 2 is 1.83 bits per heavy atom. The standard InChI is InChI=1S/C11H14BrNO4S/c1-11(2,3)17-10(14)7-4-8(12)6-9(5-7)18(13,15)16/h4-6H,1-3H3,(H2,13,15,16). The van der Waals surface area contributed by atoms with Gasteiger partial charge in [0.2, 0.25) is 10.0 Å². The Morgan fingerprint density at radius 3 is 2.28 bits per heavy atom. The molecule has 0 aliphatic carbocycles. The van der Waals surface area contributed by atoms with Gasteiger partial charge in [0.25, 0.3) is 0 Å². The van der Waals surface area contributed by atoms with E-state index in [0.29, 0.717) is 4.47 Å². The summed E-state index contributed by atoms with van der Waals surface area (Å²) in [6, 6.07) is 3.99. The SMILES string of the molecule is CC(C)(C)OC(=O)c1cc(Br)cc(S(N)(=O)=O)c1. The molecule has 1 aromatic carbocycles. The Balaban J connectivity index is 3.19. The van der Waals surface area contributed by atoms with Crippen molar-refractivity contribution in [3.8, 4) is 0 Å². The van der Waals surface area contributed by atoms with Gasteiger partial charge in [-0.3, -0.25) is 0 Å². The molecule has 0 fully saturated rings. The van der Waals surface area contributed by atoms with E-state index >= 15 is 0 Å². The van der Waals surface area contributed by atoms with Crippen LogP contribution in [0.3, 0.4) is 0 Å². The average Bonchev–Trinajstić information content (AvgIpc) is 2.12. The van der Waals surface area contributed by atoms with Gasteiger partial charge in [0.15, 0.2) is 0 Å². The number of halogens is 1. The Hall–Kier alpha value is -0.920. The fourth-order valence-corrected chi connectivity index (χ4v) is 2.41. The zero-order chi connectivity index (χ0) is 14.1. The summed E-state index contributed by atoms with van der Waals surface area (Å²) in [5, 5.41) is 5.02. The van der Waals surface area contributed by atoms with E-state index in [-0.39, 0.29) is 10.5 Å². The molecule has 0 heterocycles. The van der Waals surface area contributed by atoms with Crippen LogP contribution >= 0.6 is 15.9 Å². The van der Waals surface area contributed by atoms with E-state index in [4.69, 9.17) is 9.88 Å². The third kappa shape index (κ3) is 4.40. The summed E-state index contributed by atoms with van der Waals surface area (Å²) in [4.78, 5) is 11.7. The maximum atomic E-state index is 11.8. The first-order valence-corrected chi connectivity index (χ1v) is 7.40. The third-order valence-corrected chi connectivity index (χ3v) is 3.19. The molecule has 100 valence electrons. The molecule has 2 N–H and O–H groups in total. The lowest BCUT2D eigenvalue weighted by Gasteiger charge is -2.19. The van der Waals surface area contributed by atoms with E-state index in [0.717, 1.165) is 0 Å². The van der Waals surface area contributed by atoms with Gasteiger partial charge in [0.1, 0.15) is 5.60 Å². The minimum Gasteiger partial charge on any atom is -0.456 e. The van der Waals surface area contributed by atoms with Gasteiger partial charge in [-0.05, 0) is 39.0 Å². The molecule has 7 heteroatoms. The van der Waals surface area contributed by atoms with E-state index in [1.54, 1.807) is 20.8 Å². The number of nitrogens with two attached hydrogens (primary N) is 1. The van der Waals surface area contributed by atoms with Gasteiger partial charge in [-0.1, -0.05) is 15.9 Å². The Morgan fingerprint density at radius 1 is 1.28 bits per heavy atom. The largest absolute Gasteiger partial charge is 0.456 e. The molecule has 0 aliphatic rings. The summed E-state index contributed by atoms with van der Waals surface area (Å²) in [7, 11) is -3.86. The molecule has 18 heavy (non-hydrogen) atoms. The van der Waals surface area contributed by atoms with Gasteiger partial charge in [-0.15, -0.1) is 0 Å². The summed E-state index contributed by atoms with van der Waals surface area (Å²) in [5.41, 5.74) is -0.524. The van der Waals surface area contributed by atoms with Crippen molar-refractivity contribution in [2.75, 3.05) is 0 Å². The molecule has 0 saturated carbocycles. The van der Waals surface area contributed by atoms with Crippen molar-refractivity contribution in [3.05, 3.63) is 28.2 Å². The fraction of sp³-hybridized carbons (Fsp3) is 0.364. The van der Waals surface area contributed by atoms with Gasteiger partial charge in [0, 0.05) is 4.47 Å². The molecule has 1 aromatic rings. The smallest absolute Gasteiger partial charge is 0.338 e. The normalized spacial score (nSPS) is 12.3. The monoisotopic (exact) mass is 335 g/mol. The van der Waals surface area contributed by atoms with Crippen LogP contribution in [-0.2, 0) is 14.8 Å². The Bertz CT molecular complexity index is 575. The second kappa shape index (κ2) is 4.99. The van der Waals surface area contributed by atoms with E-state index in [2.05, 4.69) is 15.9 Å². The summed E-state index contributed by atoms with van der Waals surface area (Å²) in [5.74, 6) is -0.603. The molecule has 0 aliphatic heterocycles. The van der Waals surface area contributed by atoms with Gasteiger partial charge in [-0.2, -0.15) is 0 Å². The van der Waals surface area contributed by atoms with Crippen LogP contribution in [0.4, 0.5) is 0 Å². The molecule has 0 saturated heterocycles. The number of ether oxygens (including phenoxy) is 1. The lowest BCUT2D eigenvalue weighted by Crippen LogP contribution is -2.24. The zero-order valence-corrected chi connectivity index (χ0v) is 12.6. The number of hydrogen-bond acceptors (Lipinski definition) is 4. The summed E-state index contributed by atoms with van der Waals surface area (Å²) >= 11 is 3.13. The number of carbonyl (C=O) groups excluding carboxylic acids is 1. The number of hydrogen-bond donors (Lipinski definition) is 1. The molecule has 0 amide bonds. The van der Waals surface area contributed by atoms with Gasteiger partial charge >= 0.3 is 5.97 Å². The number of esters is 1. The maximum Gasteiger partial charge on any atom is 0.338 e. The number of primary sulfonamides is 1. The van der Waals surface area contributed by atoms with Crippen molar-refractivity contribution in [3.63, 3.8) is 0 Å². The quantitative estimate of drug-likeness (QED) is 0.838. The van der Waals surface area contributed by atoms with Crippen LogP contribution in [0.2, 0.25) is 0 Å². The highest BCUT2D eigenvalue weighted by molar-refractivity contribution is 9.10. The first-order chi connectivity index (χ1) is 7.99. The fourth-order valence-electron chi connectivity index (χ4n) is 1.18. The van der Waals surface area contributed by atoms with Crippen LogP contribution in [0.25, 0.3) is 0 Å². The van der Waals surface area contributed by atoms with Crippen molar-refractivity contribution in [1.82, 2.24) is 0 Å². The van der Waals surface area contributed by atoms with Crippen LogP contribution in [0, 0.1) is 0 Å². The van der Waals surface area contributed by atoms with E-state index in [1.165, 1.54) is 18.2 Å². The average molecular weight is 336 g/mol.